The summed E-state index contributed by atoms with van der Waals surface area (Å²) in [5, 5.41) is 2.75. The lowest BCUT2D eigenvalue weighted by atomic mass is 10.1. The van der Waals surface area contributed by atoms with Crippen molar-refractivity contribution in [3.8, 4) is 0 Å². The van der Waals surface area contributed by atoms with Crippen LogP contribution in [0.2, 0.25) is 0 Å². The Morgan fingerprint density at radius 3 is 2.46 bits per heavy atom. The van der Waals surface area contributed by atoms with E-state index >= 15 is 0 Å². The van der Waals surface area contributed by atoms with Gasteiger partial charge in [-0.3, -0.25) is 9.69 Å². The molecule has 0 radical (unpaired) electrons. The van der Waals surface area contributed by atoms with Crippen molar-refractivity contribution >= 4 is 21.8 Å². The molecule has 0 unspecified atom stereocenters. The minimum Gasteiger partial charge on any atom is -0.356 e. The Labute approximate surface area is 149 Å². The van der Waals surface area contributed by atoms with E-state index in [0.29, 0.717) is 25.9 Å². The first-order valence-electron chi connectivity index (χ1n) is 8.03. The number of nitrogens with one attached hydrogen (secondary N) is 1. The second-order valence-electron chi connectivity index (χ2n) is 5.89. The SMILES string of the molecule is CN(CCCNC(=O)CCCCc1ccc(Br)cc1)CC(F)(F)F. The molecule has 136 valence electrons. The van der Waals surface area contributed by atoms with Crippen LogP contribution in [0.4, 0.5) is 13.2 Å². The normalized spacial score (nSPS) is 11.8. The zero-order valence-corrected chi connectivity index (χ0v) is 15.4. The standard InChI is InChI=1S/C17H24BrF3N2O/c1-23(13-17(19,20)21)12-4-11-22-16(24)6-3-2-5-14-7-9-15(18)10-8-14/h7-10H,2-6,11-13H2,1H3,(H,22,24). The molecule has 0 aliphatic carbocycles. The molecule has 0 bridgehead atoms. The maximum absolute atomic E-state index is 12.1. The number of rotatable bonds is 10. The van der Waals surface area contributed by atoms with Gasteiger partial charge in [0.25, 0.3) is 0 Å². The van der Waals surface area contributed by atoms with Crippen LogP contribution in [-0.4, -0.2) is 43.7 Å². The number of aryl methyl sites for hydroxylation is 1. The third-order valence-electron chi connectivity index (χ3n) is 3.52. The monoisotopic (exact) mass is 408 g/mol. The average Bonchev–Trinajstić information content (AvgIpc) is 2.48. The van der Waals surface area contributed by atoms with E-state index in [1.807, 2.05) is 12.1 Å². The van der Waals surface area contributed by atoms with Crippen molar-refractivity contribution in [1.29, 1.82) is 0 Å². The highest BCUT2D eigenvalue weighted by Gasteiger charge is 2.28. The minimum absolute atomic E-state index is 0.0377. The van der Waals surface area contributed by atoms with Crippen LogP contribution in [0.3, 0.4) is 0 Å². The Morgan fingerprint density at radius 2 is 1.83 bits per heavy atom. The van der Waals surface area contributed by atoms with Gasteiger partial charge in [0.2, 0.25) is 5.91 Å². The predicted molar refractivity (Wildman–Crippen MR) is 92.9 cm³/mol. The fourth-order valence-electron chi connectivity index (χ4n) is 2.32. The molecule has 0 saturated carbocycles. The first-order chi connectivity index (χ1) is 11.3. The molecule has 24 heavy (non-hydrogen) atoms. The molecule has 0 heterocycles. The quantitative estimate of drug-likeness (QED) is 0.589. The summed E-state index contributed by atoms with van der Waals surface area (Å²) in [6, 6.07) is 8.11. The predicted octanol–water partition coefficient (Wildman–Crippen LogP) is 4.16. The number of carbonyl (C=O) groups excluding carboxylic acids is 1. The van der Waals surface area contributed by atoms with Gasteiger partial charge in [-0.15, -0.1) is 0 Å². The van der Waals surface area contributed by atoms with Gasteiger partial charge in [-0.25, -0.2) is 0 Å². The summed E-state index contributed by atoms with van der Waals surface area (Å²) in [7, 11) is 1.43. The van der Waals surface area contributed by atoms with Gasteiger partial charge in [-0.2, -0.15) is 13.2 Å². The molecule has 3 nitrogen and oxygen atoms in total. The van der Waals surface area contributed by atoms with Crippen molar-refractivity contribution in [3.63, 3.8) is 0 Å². The summed E-state index contributed by atoms with van der Waals surface area (Å²) >= 11 is 3.39. The van der Waals surface area contributed by atoms with Gasteiger partial charge in [0.05, 0.1) is 6.54 Å². The van der Waals surface area contributed by atoms with Crippen molar-refractivity contribution in [2.75, 3.05) is 26.7 Å². The van der Waals surface area contributed by atoms with Crippen molar-refractivity contribution in [1.82, 2.24) is 10.2 Å². The summed E-state index contributed by atoms with van der Waals surface area (Å²) in [6.45, 7) is -0.200. The molecule has 0 aliphatic heterocycles. The molecule has 1 N–H and O–H groups in total. The van der Waals surface area contributed by atoms with E-state index in [1.165, 1.54) is 17.5 Å². The molecule has 1 rings (SSSR count). The molecule has 1 aromatic rings. The Kier molecular flexibility index (Phi) is 9.36. The Bertz CT molecular complexity index is 492. The summed E-state index contributed by atoms with van der Waals surface area (Å²) in [4.78, 5) is 12.9. The van der Waals surface area contributed by atoms with Gasteiger partial charge in [0.15, 0.2) is 0 Å². The van der Waals surface area contributed by atoms with Crippen LogP contribution in [0.1, 0.15) is 31.2 Å². The highest BCUT2D eigenvalue weighted by Crippen LogP contribution is 2.15. The van der Waals surface area contributed by atoms with E-state index in [2.05, 4.69) is 33.4 Å². The average molecular weight is 409 g/mol. The molecule has 0 atom stereocenters. The highest BCUT2D eigenvalue weighted by molar-refractivity contribution is 9.10. The van der Waals surface area contributed by atoms with E-state index in [0.717, 1.165) is 23.7 Å². The molecule has 0 spiro atoms. The maximum Gasteiger partial charge on any atom is 0.401 e. The molecule has 0 fully saturated rings. The maximum atomic E-state index is 12.1. The number of unbranched alkanes of at least 4 members (excludes halogenated alkanes) is 1. The number of amides is 1. The van der Waals surface area contributed by atoms with Crippen molar-refractivity contribution in [3.05, 3.63) is 34.3 Å². The van der Waals surface area contributed by atoms with Gasteiger partial charge in [-0.1, -0.05) is 28.1 Å². The molecule has 1 aromatic carbocycles. The lowest BCUT2D eigenvalue weighted by Gasteiger charge is -2.18. The second kappa shape index (κ2) is 10.7. The molecule has 1 amide bonds. The third kappa shape index (κ3) is 10.6. The number of hydrogen-bond donors (Lipinski definition) is 1. The van der Waals surface area contributed by atoms with Crippen molar-refractivity contribution < 1.29 is 18.0 Å². The third-order valence-corrected chi connectivity index (χ3v) is 4.05. The molecule has 0 aromatic heterocycles. The van der Waals surface area contributed by atoms with Crippen LogP contribution in [0.25, 0.3) is 0 Å². The molecule has 7 heteroatoms. The fourth-order valence-corrected chi connectivity index (χ4v) is 2.58. The zero-order valence-electron chi connectivity index (χ0n) is 13.8. The van der Waals surface area contributed by atoms with Crippen LogP contribution in [0.15, 0.2) is 28.7 Å². The second-order valence-corrected chi connectivity index (χ2v) is 6.81. The zero-order chi connectivity index (χ0) is 18.0. The summed E-state index contributed by atoms with van der Waals surface area (Å²) in [6.07, 6.45) is -0.541. The molecular weight excluding hydrogens is 385 g/mol. The minimum atomic E-state index is -4.17. The lowest BCUT2D eigenvalue weighted by Crippen LogP contribution is -2.33. The van der Waals surface area contributed by atoms with Gasteiger partial charge in [-0.05, 0) is 57.0 Å². The Balaban J connectivity index is 2.03. The van der Waals surface area contributed by atoms with Gasteiger partial charge in [0.1, 0.15) is 0 Å². The van der Waals surface area contributed by atoms with Crippen LogP contribution >= 0.6 is 15.9 Å². The van der Waals surface area contributed by atoms with Crippen LogP contribution in [0.5, 0.6) is 0 Å². The summed E-state index contributed by atoms with van der Waals surface area (Å²) in [5.74, 6) is -0.0377. The number of benzene rings is 1. The van der Waals surface area contributed by atoms with Crippen LogP contribution < -0.4 is 5.32 Å². The number of alkyl halides is 3. The van der Waals surface area contributed by atoms with E-state index in [1.54, 1.807) is 0 Å². The van der Waals surface area contributed by atoms with Crippen LogP contribution in [0, 0.1) is 0 Å². The lowest BCUT2D eigenvalue weighted by molar-refractivity contribution is -0.143. The van der Waals surface area contributed by atoms with Gasteiger partial charge < -0.3 is 5.32 Å². The van der Waals surface area contributed by atoms with Gasteiger partial charge >= 0.3 is 6.18 Å². The number of hydrogen-bond acceptors (Lipinski definition) is 2. The fraction of sp³-hybridized carbons (Fsp3) is 0.588. The number of nitrogens with zero attached hydrogens (tertiary/aromatic N) is 1. The van der Waals surface area contributed by atoms with Crippen molar-refractivity contribution in [2.24, 2.45) is 0 Å². The van der Waals surface area contributed by atoms with Crippen molar-refractivity contribution in [2.45, 2.75) is 38.3 Å². The van der Waals surface area contributed by atoms with Crippen LogP contribution in [-0.2, 0) is 11.2 Å². The van der Waals surface area contributed by atoms with E-state index < -0.39 is 12.7 Å². The Hall–Kier alpha value is -1.08. The summed E-state index contributed by atoms with van der Waals surface area (Å²) in [5.41, 5.74) is 1.24. The molecule has 0 aliphatic rings. The topological polar surface area (TPSA) is 32.3 Å². The number of halogens is 4. The van der Waals surface area contributed by atoms with E-state index in [4.69, 9.17) is 0 Å². The van der Waals surface area contributed by atoms with Gasteiger partial charge in [0, 0.05) is 17.4 Å². The van der Waals surface area contributed by atoms with E-state index in [-0.39, 0.29) is 5.91 Å². The number of carbonyl (C=O) groups is 1. The molecule has 0 saturated heterocycles. The largest absolute Gasteiger partial charge is 0.401 e. The highest BCUT2D eigenvalue weighted by atomic mass is 79.9. The first kappa shape index (κ1) is 21.0. The smallest absolute Gasteiger partial charge is 0.356 e. The molecular formula is C17H24BrF3N2O. The Morgan fingerprint density at radius 1 is 1.17 bits per heavy atom. The summed E-state index contributed by atoms with van der Waals surface area (Å²) < 4.78 is 37.5. The van der Waals surface area contributed by atoms with E-state index in [9.17, 15) is 18.0 Å². The first-order valence-corrected chi connectivity index (χ1v) is 8.82.